The second-order valence-corrected chi connectivity index (χ2v) is 7.53. The largest absolute Gasteiger partial charge is 0.481 e. The Balaban J connectivity index is 2.24. The summed E-state index contributed by atoms with van der Waals surface area (Å²) in [7, 11) is -3.70. The van der Waals surface area contributed by atoms with Crippen LogP contribution in [0.25, 0.3) is 0 Å². The van der Waals surface area contributed by atoms with Crippen LogP contribution in [0.15, 0.2) is 23.1 Å². The number of sulfonamides is 1. The van der Waals surface area contributed by atoms with Crippen molar-refractivity contribution in [2.75, 3.05) is 0 Å². The van der Waals surface area contributed by atoms with Crippen LogP contribution in [-0.4, -0.2) is 25.0 Å². The van der Waals surface area contributed by atoms with Gasteiger partial charge in [0, 0.05) is 5.54 Å². The molecule has 0 aliphatic heterocycles. The first-order chi connectivity index (χ1) is 9.20. The van der Waals surface area contributed by atoms with Crippen molar-refractivity contribution in [2.45, 2.75) is 50.0 Å². The number of carboxylic acid groups (broad SMARTS) is 1. The molecule has 0 saturated heterocycles. The molecule has 0 aromatic heterocycles. The Hall–Kier alpha value is -1.40. The average Bonchev–Trinajstić information content (AvgIpc) is 2.71. The van der Waals surface area contributed by atoms with E-state index in [1.54, 1.807) is 26.0 Å². The Morgan fingerprint density at radius 1 is 1.30 bits per heavy atom. The monoisotopic (exact) mass is 297 g/mol. The molecule has 0 atom stereocenters. The lowest BCUT2D eigenvalue weighted by molar-refractivity contribution is -0.138. The van der Waals surface area contributed by atoms with Gasteiger partial charge < -0.3 is 5.11 Å². The van der Waals surface area contributed by atoms with Crippen molar-refractivity contribution in [3.63, 3.8) is 0 Å². The number of carboxylic acids is 1. The molecule has 2 rings (SSSR count). The molecule has 1 aliphatic rings. The van der Waals surface area contributed by atoms with Gasteiger partial charge in [-0.05, 0) is 56.4 Å². The van der Waals surface area contributed by atoms with E-state index in [0.717, 1.165) is 24.8 Å². The first-order valence-electron chi connectivity index (χ1n) is 6.57. The number of benzene rings is 1. The molecule has 110 valence electrons. The minimum Gasteiger partial charge on any atom is -0.481 e. The Bertz CT molecular complexity index is 635. The van der Waals surface area contributed by atoms with Gasteiger partial charge in [0.2, 0.25) is 10.0 Å². The molecular formula is C14H19NO4S. The summed E-state index contributed by atoms with van der Waals surface area (Å²) in [5, 5.41) is 8.81. The van der Waals surface area contributed by atoms with Gasteiger partial charge in [-0.15, -0.1) is 0 Å². The van der Waals surface area contributed by atoms with E-state index in [-0.39, 0.29) is 11.3 Å². The molecule has 1 aromatic carbocycles. The Labute approximate surface area is 119 Å². The average molecular weight is 297 g/mol. The molecule has 0 fully saturated rings. The summed E-state index contributed by atoms with van der Waals surface area (Å²) in [6, 6.07) is 5.13. The fourth-order valence-electron chi connectivity index (χ4n) is 2.55. The number of aliphatic carboxylic acids is 1. The van der Waals surface area contributed by atoms with Gasteiger partial charge in [0.1, 0.15) is 0 Å². The molecule has 5 nitrogen and oxygen atoms in total. The standard InChI is InChI=1S/C14H19NO4S/c1-14(2,9-13(16)17)15-20(18,19)12-7-6-10-4-3-5-11(10)8-12/h6-8,15H,3-5,9H2,1-2H3,(H,16,17). The molecule has 0 saturated carbocycles. The van der Waals surface area contributed by atoms with E-state index in [0.29, 0.717) is 0 Å². The van der Waals surface area contributed by atoms with Gasteiger partial charge in [0.25, 0.3) is 0 Å². The maximum atomic E-state index is 12.3. The zero-order valence-corrected chi connectivity index (χ0v) is 12.5. The van der Waals surface area contributed by atoms with Crippen molar-refractivity contribution >= 4 is 16.0 Å². The zero-order valence-electron chi connectivity index (χ0n) is 11.6. The van der Waals surface area contributed by atoms with Crippen LogP contribution in [0.5, 0.6) is 0 Å². The van der Waals surface area contributed by atoms with E-state index in [4.69, 9.17) is 5.11 Å². The minimum absolute atomic E-state index is 0.205. The molecule has 0 heterocycles. The van der Waals surface area contributed by atoms with Gasteiger partial charge in [-0.3, -0.25) is 4.79 Å². The maximum Gasteiger partial charge on any atom is 0.305 e. The van der Waals surface area contributed by atoms with Crippen LogP contribution >= 0.6 is 0 Å². The normalized spacial score (nSPS) is 15.1. The van der Waals surface area contributed by atoms with E-state index < -0.39 is 21.5 Å². The quantitative estimate of drug-likeness (QED) is 0.866. The number of fused-ring (bicyclic) bond motifs is 1. The van der Waals surface area contributed by atoms with Crippen molar-refractivity contribution in [2.24, 2.45) is 0 Å². The number of aryl methyl sites for hydroxylation is 2. The summed E-state index contributed by atoms with van der Waals surface area (Å²) in [6.07, 6.45) is 2.68. The van der Waals surface area contributed by atoms with Gasteiger partial charge >= 0.3 is 5.97 Å². The van der Waals surface area contributed by atoms with Crippen LogP contribution in [0.1, 0.15) is 37.8 Å². The number of hydrogen-bond donors (Lipinski definition) is 2. The van der Waals surface area contributed by atoms with E-state index in [9.17, 15) is 13.2 Å². The number of nitrogens with one attached hydrogen (secondary N) is 1. The van der Waals surface area contributed by atoms with Crippen LogP contribution in [0.4, 0.5) is 0 Å². The minimum atomic E-state index is -3.70. The molecule has 0 amide bonds. The first kappa shape index (κ1) is 15.0. The van der Waals surface area contributed by atoms with Gasteiger partial charge in [-0.25, -0.2) is 13.1 Å². The molecule has 20 heavy (non-hydrogen) atoms. The lowest BCUT2D eigenvalue weighted by Crippen LogP contribution is -2.44. The van der Waals surface area contributed by atoms with Crippen molar-refractivity contribution in [1.82, 2.24) is 4.72 Å². The van der Waals surface area contributed by atoms with Crippen LogP contribution in [0.2, 0.25) is 0 Å². The third kappa shape index (κ3) is 3.37. The third-order valence-corrected chi connectivity index (χ3v) is 5.08. The molecule has 2 N–H and O–H groups in total. The first-order valence-corrected chi connectivity index (χ1v) is 8.05. The van der Waals surface area contributed by atoms with E-state index in [2.05, 4.69) is 4.72 Å². The summed E-state index contributed by atoms with van der Waals surface area (Å²) < 4.78 is 27.1. The fraction of sp³-hybridized carbons (Fsp3) is 0.500. The maximum absolute atomic E-state index is 12.3. The summed E-state index contributed by atoms with van der Waals surface area (Å²) in [5.41, 5.74) is 1.25. The summed E-state index contributed by atoms with van der Waals surface area (Å²) in [6.45, 7) is 3.12. The van der Waals surface area contributed by atoms with E-state index >= 15 is 0 Å². The van der Waals surface area contributed by atoms with Crippen molar-refractivity contribution in [3.05, 3.63) is 29.3 Å². The number of carbonyl (C=O) groups is 1. The zero-order chi connectivity index (χ0) is 15.0. The summed E-state index contributed by atoms with van der Waals surface area (Å²) in [4.78, 5) is 11.0. The smallest absolute Gasteiger partial charge is 0.305 e. The Kier molecular flexibility index (Phi) is 3.88. The van der Waals surface area contributed by atoms with Crippen LogP contribution in [0.3, 0.4) is 0 Å². The molecule has 0 bridgehead atoms. The van der Waals surface area contributed by atoms with Crippen LogP contribution < -0.4 is 4.72 Å². The topological polar surface area (TPSA) is 83.5 Å². The Morgan fingerprint density at radius 3 is 2.60 bits per heavy atom. The molecule has 0 unspecified atom stereocenters. The predicted molar refractivity (Wildman–Crippen MR) is 75.1 cm³/mol. The molecule has 1 aromatic rings. The molecule has 0 radical (unpaired) electrons. The highest BCUT2D eigenvalue weighted by molar-refractivity contribution is 7.89. The SMILES string of the molecule is CC(C)(CC(=O)O)NS(=O)(=O)c1ccc2c(c1)CCC2. The van der Waals surface area contributed by atoms with Crippen molar-refractivity contribution in [1.29, 1.82) is 0 Å². The predicted octanol–water partition coefficient (Wildman–Crippen LogP) is 1.71. The van der Waals surface area contributed by atoms with Gasteiger partial charge in [-0.2, -0.15) is 0 Å². The lowest BCUT2D eigenvalue weighted by atomic mass is 10.0. The highest BCUT2D eigenvalue weighted by atomic mass is 32.2. The second kappa shape index (κ2) is 5.18. The van der Waals surface area contributed by atoms with E-state index in [1.165, 1.54) is 5.56 Å². The van der Waals surface area contributed by atoms with Crippen molar-refractivity contribution < 1.29 is 18.3 Å². The van der Waals surface area contributed by atoms with Crippen LogP contribution in [-0.2, 0) is 27.7 Å². The van der Waals surface area contributed by atoms with Crippen LogP contribution in [0, 0.1) is 0 Å². The number of rotatable bonds is 5. The van der Waals surface area contributed by atoms with Crippen molar-refractivity contribution in [3.8, 4) is 0 Å². The fourth-order valence-corrected chi connectivity index (χ4v) is 4.01. The Morgan fingerprint density at radius 2 is 1.95 bits per heavy atom. The summed E-state index contributed by atoms with van der Waals surface area (Å²) >= 11 is 0. The van der Waals surface area contributed by atoms with E-state index in [1.807, 2.05) is 6.07 Å². The lowest BCUT2D eigenvalue weighted by Gasteiger charge is -2.24. The molecule has 0 spiro atoms. The van der Waals surface area contributed by atoms with Gasteiger partial charge in [-0.1, -0.05) is 6.07 Å². The highest BCUT2D eigenvalue weighted by Gasteiger charge is 2.29. The molecule has 6 heteroatoms. The van der Waals surface area contributed by atoms with Gasteiger partial charge in [0.05, 0.1) is 11.3 Å². The number of hydrogen-bond acceptors (Lipinski definition) is 3. The summed E-state index contributed by atoms with van der Waals surface area (Å²) in [5.74, 6) is -1.04. The third-order valence-electron chi connectivity index (χ3n) is 3.38. The highest BCUT2D eigenvalue weighted by Crippen LogP contribution is 2.25. The molecular weight excluding hydrogens is 278 g/mol. The molecule has 1 aliphatic carbocycles. The second-order valence-electron chi connectivity index (χ2n) is 5.84. The van der Waals surface area contributed by atoms with Gasteiger partial charge in [0.15, 0.2) is 0 Å².